The Labute approximate surface area is 419 Å². The molecular formula is C52H108Cl4O2Zr2. The molecule has 0 aromatic rings. The summed E-state index contributed by atoms with van der Waals surface area (Å²) in [6, 6.07) is 0. The molecular weight excluding hydrogens is 981 g/mol. The fourth-order valence-electron chi connectivity index (χ4n) is 8.72. The van der Waals surface area contributed by atoms with Crippen LogP contribution in [0.2, 0.25) is 0 Å². The summed E-state index contributed by atoms with van der Waals surface area (Å²) in [4.78, 5) is 0. The van der Waals surface area contributed by atoms with Crippen LogP contribution in [-0.2, 0) is 51.2 Å². The van der Waals surface area contributed by atoms with Crippen molar-refractivity contribution in [2.45, 2.75) is 272 Å². The Hall–Kier alpha value is 2.85. The molecule has 0 N–H and O–H groups in total. The van der Waals surface area contributed by atoms with E-state index in [-0.39, 0.29) is 40.9 Å². The van der Waals surface area contributed by atoms with Crippen molar-refractivity contribution in [3.05, 3.63) is 29.7 Å². The van der Waals surface area contributed by atoms with Gasteiger partial charge in [-0.05, 0) is 78.1 Å². The van der Waals surface area contributed by atoms with Gasteiger partial charge in [0.25, 0.3) is 0 Å². The summed E-state index contributed by atoms with van der Waals surface area (Å²) < 4.78 is 11.4. The van der Waals surface area contributed by atoms with Crippen LogP contribution in [0.15, 0.2) is 0 Å². The molecule has 0 aromatic heterocycles. The second kappa shape index (κ2) is 54.5. The van der Waals surface area contributed by atoms with Gasteiger partial charge in [0.1, 0.15) is 0 Å². The number of hydrogen-bond acceptors (Lipinski definition) is 2. The molecule has 8 heteroatoms. The molecule has 0 aliphatic heterocycles. The zero-order valence-corrected chi connectivity index (χ0v) is 50.6. The van der Waals surface area contributed by atoms with Crippen LogP contribution in [-0.4, -0.2) is 24.4 Å². The molecule has 4 fully saturated rings. The van der Waals surface area contributed by atoms with Crippen LogP contribution < -0.4 is 0 Å². The van der Waals surface area contributed by atoms with Crippen LogP contribution in [0.5, 0.6) is 0 Å². The molecule has 0 heterocycles. The first-order chi connectivity index (χ1) is 26.8. The van der Waals surface area contributed by atoms with Crippen LogP contribution in [0.4, 0.5) is 0 Å². The minimum absolute atomic E-state index is 0. The Morgan fingerprint density at radius 3 is 0.767 bits per heavy atom. The van der Waals surface area contributed by atoms with Crippen LogP contribution in [0.25, 0.3) is 0 Å². The molecule has 0 aromatic carbocycles. The molecule has 0 saturated heterocycles. The number of unbranched alkanes of at least 4 members (excludes halogenated alkanes) is 8. The normalized spacial score (nSPS) is 16.3. The molecule has 4 aliphatic carbocycles. The Morgan fingerprint density at radius 2 is 0.567 bits per heavy atom. The average molecular weight is 1090 g/mol. The van der Waals surface area contributed by atoms with Gasteiger partial charge < -0.3 is 39.2 Å². The van der Waals surface area contributed by atoms with Gasteiger partial charge in [-0.15, -0.1) is 0 Å². The molecule has 0 unspecified atom stereocenters. The van der Waals surface area contributed by atoms with Crippen molar-refractivity contribution in [2.24, 2.45) is 23.7 Å². The second-order valence-corrected chi connectivity index (χ2v) is 26.8. The van der Waals surface area contributed by atoms with Crippen molar-refractivity contribution >= 4 is 34.1 Å². The summed E-state index contributed by atoms with van der Waals surface area (Å²) in [5, 5.41) is 0. The van der Waals surface area contributed by atoms with E-state index in [0.717, 1.165) is 36.9 Å². The Balaban J connectivity index is -0.000000155. The van der Waals surface area contributed by atoms with E-state index in [1.807, 2.05) is 0 Å². The molecule has 4 saturated carbocycles. The molecule has 2 nitrogen and oxygen atoms in total. The van der Waals surface area contributed by atoms with E-state index in [1.165, 1.54) is 205 Å². The SMILES string of the molecule is CC(C)(C)OCCCCCCC1CCCC1.CC(C)(C)OCCCCCCC1CCCC1.CCCCC1CCCC1.CCCCC1CCCC1.[CH3-].[CH3-].[CH3-].[CH3-].[Cl][Zr+2][Cl].[Cl][Zr+2][Cl]. The number of hydrogen-bond donors (Lipinski definition) is 0. The van der Waals surface area contributed by atoms with E-state index in [0.29, 0.717) is 0 Å². The summed E-state index contributed by atoms with van der Waals surface area (Å²) in [6.45, 7) is 19.2. The van der Waals surface area contributed by atoms with E-state index in [4.69, 9.17) is 43.5 Å². The Morgan fingerprint density at radius 1 is 0.367 bits per heavy atom. The van der Waals surface area contributed by atoms with Crippen molar-refractivity contribution in [3.8, 4) is 0 Å². The van der Waals surface area contributed by atoms with Gasteiger partial charge in [0, 0.05) is 13.2 Å². The molecule has 0 bridgehead atoms. The van der Waals surface area contributed by atoms with Gasteiger partial charge in [-0.1, -0.05) is 206 Å². The number of ether oxygens (including phenoxy) is 2. The average Bonchev–Trinajstić information content (AvgIpc) is 4.00. The summed E-state index contributed by atoms with van der Waals surface area (Å²) in [5.41, 5.74) is 0.0910. The molecule has 364 valence electrons. The summed E-state index contributed by atoms with van der Waals surface area (Å²) in [7, 11) is 19.7. The van der Waals surface area contributed by atoms with Crippen LogP contribution >= 0.6 is 34.1 Å². The predicted octanol–water partition coefficient (Wildman–Crippen LogP) is 21.2. The fourth-order valence-corrected chi connectivity index (χ4v) is 8.72. The quantitative estimate of drug-likeness (QED) is 0.0894. The van der Waals surface area contributed by atoms with Gasteiger partial charge in [0.05, 0.1) is 11.2 Å². The molecule has 4 rings (SSSR count). The first-order valence-corrected chi connectivity index (χ1v) is 36.7. The van der Waals surface area contributed by atoms with Gasteiger partial charge in [-0.2, -0.15) is 0 Å². The molecule has 0 radical (unpaired) electrons. The molecule has 0 atom stereocenters. The fraction of sp³-hybridized carbons (Fsp3) is 0.923. The maximum absolute atomic E-state index is 5.71. The third-order valence-electron chi connectivity index (χ3n) is 11.9. The van der Waals surface area contributed by atoms with Crippen molar-refractivity contribution in [1.82, 2.24) is 0 Å². The van der Waals surface area contributed by atoms with E-state index < -0.39 is 41.7 Å². The van der Waals surface area contributed by atoms with Crippen LogP contribution in [0, 0.1) is 53.4 Å². The standard InChI is InChI=1S/2C15H30O.2C9H18.4CH3.4ClH.2Zr/c2*1-15(2,3)16-13-9-5-4-6-10-14-11-7-8-12-14;2*1-2-3-6-9-7-4-5-8-9;;;;;;;;;;/h2*14H,4-13H2,1-3H3;2*9H,2-8H2,1H3;4*1H3;4*1H;;/q;;;;4*-1;;;;;2*+4/p-4. The first-order valence-electron chi connectivity index (χ1n) is 24.1. The van der Waals surface area contributed by atoms with Crippen molar-refractivity contribution in [1.29, 1.82) is 0 Å². The number of rotatable bonds is 20. The minimum atomic E-state index is -0.826. The summed E-state index contributed by atoms with van der Waals surface area (Å²) in [5.74, 6) is 4.38. The molecule has 0 amide bonds. The van der Waals surface area contributed by atoms with E-state index in [1.54, 1.807) is 0 Å². The van der Waals surface area contributed by atoms with E-state index in [2.05, 4.69) is 55.4 Å². The van der Waals surface area contributed by atoms with E-state index >= 15 is 0 Å². The molecule has 0 spiro atoms. The zero-order valence-electron chi connectivity index (χ0n) is 42.7. The van der Waals surface area contributed by atoms with Gasteiger partial charge in [0.2, 0.25) is 0 Å². The third kappa shape index (κ3) is 58.9. The van der Waals surface area contributed by atoms with Gasteiger partial charge in [-0.3, -0.25) is 0 Å². The third-order valence-corrected chi connectivity index (χ3v) is 11.9. The van der Waals surface area contributed by atoms with Crippen LogP contribution in [0.1, 0.15) is 261 Å². The summed E-state index contributed by atoms with van der Waals surface area (Å²) in [6.07, 6.45) is 46.7. The summed E-state index contributed by atoms with van der Waals surface area (Å²) >= 11 is -1.65. The van der Waals surface area contributed by atoms with Crippen molar-refractivity contribution in [2.75, 3.05) is 13.2 Å². The van der Waals surface area contributed by atoms with Gasteiger partial charge in [-0.25, -0.2) is 0 Å². The van der Waals surface area contributed by atoms with E-state index in [9.17, 15) is 0 Å². The second-order valence-electron chi connectivity index (χ2n) is 19.4. The zero-order chi connectivity index (χ0) is 42.2. The molecule has 60 heavy (non-hydrogen) atoms. The molecule has 4 aliphatic rings. The van der Waals surface area contributed by atoms with Crippen LogP contribution in [0.3, 0.4) is 0 Å². The topological polar surface area (TPSA) is 18.5 Å². The predicted molar refractivity (Wildman–Crippen MR) is 274 cm³/mol. The van der Waals surface area contributed by atoms with Crippen molar-refractivity contribution in [3.63, 3.8) is 0 Å². The Bertz CT molecular complexity index is 679. The van der Waals surface area contributed by atoms with Gasteiger partial charge in [0.15, 0.2) is 0 Å². The first kappa shape index (κ1) is 74.4. The van der Waals surface area contributed by atoms with Gasteiger partial charge >= 0.3 is 75.7 Å². The Kier molecular flexibility index (Phi) is 67.5. The number of halogens is 4. The monoisotopic (exact) mass is 1080 g/mol. The van der Waals surface area contributed by atoms with Crippen molar-refractivity contribution < 1.29 is 51.2 Å². The maximum atomic E-state index is 5.71.